The fourth-order valence-electron chi connectivity index (χ4n) is 4.92. The van der Waals surface area contributed by atoms with Crippen LogP contribution in [0.5, 0.6) is 0 Å². The molecule has 0 aliphatic carbocycles. The van der Waals surface area contributed by atoms with Crippen LogP contribution in [0.3, 0.4) is 0 Å². The number of carbonyl (C=O) groups is 1. The molecule has 4 aromatic rings. The summed E-state index contributed by atoms with van der Waals surface area (Å²) in [5.74, 6) is -0.500. The van der Waals surface area contributed by atoms with Gasteiger partial charge in [-0.3, -0.25) is 9.69 Å². The summed E-state index contributed by atoms with van der Waals surface area (Å²) in [6.45, 7) is 3.52. The molecule has 1 saturated heterocycles. The van der Waals surface area contributed by atoms with Gasteiger partial charge < -0.3 is 9.88 Å². The van der Waals surface area contributed by atoms with Crippen molar-refractivity contribution in [2.45, 2.75) is 32.5 Å². The molecule has 0 saturated carbocycles. The summed E-state index contributed by atoms with van der Waals surface area (Å²) in [5, 5.41) is 4.15. The van der Waals surface area contributed by atoms with Crippen molar-refractivity contribution in [3.63, 3.8) is 0 Å². The molecule has 3 aromatic carbocycles. The van der Waals surface area contributed by atoms with Crippen molar-refractivity contribution in [2.24, 2.45) is 5.92 Å². The van der Waals surface area contributed by atoms with Gasteiger partial charge in [0.2, 0.25) is 5.91 Å². The lowest BCUT2D eigenvalue weighted by molar-refractivity contribution is -0.126. The molecule has 0 unspecified atom stereocenters. The second-order valence-corrected chi connectivity index (χ2v) is 9.31. The van der Waals surface area contributed by atoms with E-state index >= 15 is 0 Å². The third kappa shape index (κ3) is 5.60. The second-order valence-electron chi connectivity index (χ2n) is 9.31. The number of hydrogen-bond donors (Lipinski definition) is 1. The van der Waals surface area contributed by atoms with E-state index in [1.807, 2.05) is 30.3 Å². The molecule has 1 N–H and O–H groups in total. The third-order valence-electron chi connectivity index (χ3n) is 6.85. The molecule has 0 radical (unpaired) electrons. The fourth-order valence-corrected chi connectivity index (χ4v) is 4.92. The number of nitrogens with zero attached hydrogens (tertiary/aromatic N) is 2. The van der Waals surface area contributed by atoms with E-state index in [1.54, 1.807) is 6.07 Å². The molecule has 35 heavy (non-hydrogen) atoms. The lowest BCUT2D eigenvalue weighted by Gasteiger charge is -2.31. The number of fused-ring (bicyclic) bond motifs is 1. The number of carbonyl (C=O) groups excluding carboxylic acids is 1. The van der Waals surface area contributed by atoms with Crippen molar-refractivity contribution in [3.8, 4) is 0 Å². The lowest BCUT2D eigenvalue weighted by atomic mass is 9.95. The van der Waals surface area contributed by atoms with Crippen LogP contribution in [0.4, 0.5) is 8.78 Å². The van der Waals surface area contributed by atoms with E-state index in [4.69, 9.17) is 0 Å². The highest BCUT2D eigenvalue weighted by Gasteiger charge is 2.25. The minimum Gasteiger partial charge on any atom is -0.352 e. The number of amides is 1. The monoisotopic (exact) mass is 473 g/mol. The number of likely N-dealkylation sites (tertiary alicyclic amines) is 1. The largest absolute Gasteiger partial charge is 0.352 e. The maximum absolute atomic E-state index is 13.4. The summed E-state index contributed by atoms with van der Waals surface area (Å²) in [7, 11) is 0. The highest BCUT2D eigenvalue weighted by Crippen LogP contribution is 2.25. The Bertz CT molecular complexity index is 1310. The number of para-hydroxylation sites is 1. The molecule has 5 rings (SSSR count). The highest BCUT2D eigenvalue weighted by molar-refractivity contribution is 5.81. The molecule has 0 spiro atoms. The predicted molar refractivity (Wildman–Crippen MR) is 134 cm³/mol. The van der Waals surface area contributed by atoms with E-state index in [1.165, 1.54) is 40.9 Å². The van der Waals surface area contributed by atoms with Crippen molar-refractivity contribution < 1.29 is 13.6 Å². The number of rotatable bonds is 7. The Balaban J connectivity index is 1.22. The Kier molecular flexibility index (Phi) is 6.91. The summed E-state index contributed by atoms with van der Waals surface area (Å²) < 4.78 is 29.1. The third-order valence-corrected chi connectivity index (χ3v) is 6.85. The summed E-state index contributed by atoms with van der Waals surface area (Å²) in [4.78, 5) is 15.1. The summed E-state index contributed by atoms with van der Waals surface area (Å²) in [6.07, 6.45) is 1.60. The Hall–Kier alpha value is -3.51. The fraction of sp³-hybridized carbons (Fsp3) is 0.276. The van der Waals surface area contributed by atoms with Gasteiger partial charge in [0, 0.05) is 36.8 Å². The molecule has 1 aliphatic rings. The van der Waals surface area contributed by atoms with Gasteiger partial charge in [0.25, 0.3) is 0 Å². The molecule has 1 fully saturated rings. The quantitative estimate of drug-likeness (QED) is 0.385. The normalized spacial score (nSPS) is 14.9. The van der Waals surface area contributed by atoms with Gasteiger partial charge in [-0.15, -0.1) is 0 Å². The van der Waals surface area contributed by atoms with Gasteiger partial charge in [-0.1, -0.05) is 42.5 Å². The molecule has 0 bridgehead atoms. The molecule has 1 aromatic heterocycles. The van der Waals surface area contributed by atoms with Crippen LogP contribution in [0, 0.1) is 17.6 Å². The van der Waals surface area contributed by atoms with Gasteiger partial charge in [-0.2, -0.15) is 0 Å². The second kappa shape index (κ2) is 10.4. The number of aromatic nitrogens is 1. The minimum absolute atomic E-state index is 0.0233. The van der Waals surface area contributed by atoms with Gasteiger partial charge in [0.1, 0.15) is 11.6 Å². The average molecular weight is 474 g/mol. The van der Waals surface area contributed by atoms with Crippen LogP contribution in [-0.2, 0) is 24.4 Å². The van der Waals surface area contributed by atoms with Crippen molar-refractivity contribution >= 4 is 16.8 Å². The minimum atomic E-state index is -0.290. The van der Waals surface area contributed by atoms with Crippen molar-refractivity contribution in [1.82, 2.24) is 14.8 Å². The molecular weight excluding hydrogens is 444 g/mol. The molecular formula is C29H29F2N3O. The van der Waals surface area contributed by atoms with E-state index in [2.05, 4.69) is 33.0 Å². The standard InChI is InChI=1S/C29H29F2N3O/c30-25-10-8-21(9-11-25)19-34-27(17-24-5-1-2-7-28(24)34)20-33-14-12-23(13-15-33)29(35)32-18-22-4-3-6-26(31)16-22/h1-11,16-17,23H,12-15,18-20H2,(H,32,35). The first-order valence-corrected chi connectivity index (χ1v) is 12.1. The van der Waals surface area contributed by atoms with Gasteiger partial charge in [0.05, 0.1) is 0 Å². The molecule has 1 aliphatic heterocycles. The van der Waals surface area contributed by atoms with Crippen LogP contribution < -0.4 is 5.32 Å². The maximum atomic E-state index is 13.4. The predicted octanol–water partition coefficient (Wildman–Crippen LogP) is 5.50. The summed E-state index contributed by atoms with van der Waals surface area (Å²) in [5.41, 5.74) is 4.20. The van der Waals surface area contributed by atoms with Gasteiger partial charge >= 0.3 is 0 Å². The van der Waals surface area contributed by atoms with E-state index in [-0.39, 0.29) is 23.5 Å². The average Bonchev–Trinajstić information content (AvgIpc) is 3.21. The van der Waals surface area contributed by atoms with Crippen LogP contribution in [0.2, 0.25) is 0 Å². The number of benzene rings is 3. The number of halogens is 2. The maximum Gasteiger partial charge on any atom is 0.223 e. The number of nitrogens with one attached hydrogen (secondary N) is 1. The Morgan fingerprint density at radius 2 is 1.60 bits per heavy atom. The van der Waals surface area contributed by atoms with Crippen LogP contribution >= 0.6 is 0 Å². The summed E-state index contributed by atoms with van der Waals surface area (Å²) in [6, 6.07) is 23.6. The lowest BCUT2D eigenvalue weighted by Crippen LogP contribution is -2.40. The molecule has 1 amide bonds. The first-order valence-electron chi connectivity index (χ1n) is 12.1. The van der Waals surface area contributed by atoms with E-state index in [0.29, 0.717) is 13.1 Å². The molecule has 0 atom stereocenters. The zero-order valence-corrected chi connectivity index (χ0v) is 19.6. The zero-order chi connectivity index (χ0) is 24.2. The van der Waals surface area contributed by atoms with E-state index < -0.39 is 0 Å². The first kappa shape index (κ1) is 23.2. The van der Waals surface area contributed by atoms with Gasteiger partial charge in [-0.25, -0.2) is 8.78 Å². The van der Waals surface area contributed by atoms with Crippen LogP contribution in [0.15, 0.2) is 78.9 Å². The van der Waals surface area contributed by atoms with Gasteiger partial charge in [0.15, 0.2) is 0 Å². The van der Waals surface area contributed by atoms with Crippen molar-refractivity contribution in [1.29, 1.82) is 0 Å². The number of hydrogen-bond acceptors (Lipinski definition) is 2. The van der Waals surface area contributed by atoms with Crippen molar-refractivity contribution in [2.75, 3.05) is 13.1 Å². The summed E-state index contributed by atoms with van der Waals surface area (Å²) >= 11 is 0. The highest BCUT2D eigenvalue weighted by atomic mass is 19.1. The number of piperidine rings is 1. The molecule has 6 heteroatoms. The SMILES string of the molecule is O=C(NCc1cccc(F)c1)C1CCN(Cc2cc3ccccc3n2Cc2ccc(F)cc2)CC1. The Morgan fingerprint density at radius 1 is 0.829 bits per heavy atom. The van der Waals surface area contributed by atoms with Crippen molar-refractivity contribution in [3.05, 3.63) is 107 Å². The van der Waals surface area contributed by atoms with E-state index in [9.17, 15) is 13.6 Å². The Labute approximate surface area is 204 Å². The molecule has 2 heterocycles. The smallest absolute Gasteiger partial charge is 0.223 e. The van der Waals surface area contributed by atoms with Gasteiger partial charge in [-0.05, 0) is 78.8 Å². The van der Waals surface area contributed by atoms with Crippen LogP contribution in [-0.4, -0.2) is 28.5 Å². The first-order chi connectivity index (χ1) is 17.0. The Morgan fingerprint density at radius 3 is 2.37 bits per heavy atom. The van der Waals surface area contributed by atoms with Crippen LogP contribution in [0.1, 0.15) is 29.7 Å². The van der Waals surface area contributed by atoms with Crippen LogP contribution in [0.25, 0.3) is 10.9 Å². The van der Waals surface area contributed by atoms with E-state index in [0.717, 1.165) is 43.6 Å². The topological polar surface area (TPSA) is 37.3 Å². The molecule has 4 nitrogen and oxygen atoms in total. The molecule has 180 valence electrons. The zero-order valence-electron chi connectivity index (χ0n) is 19.6.